The molecule has 18 heavy (non-hydrogen) atoms. The predicted molar refractivity (Wildman–Crippen MR) is 74.5 cm³/mol. The number of primary sulfonamides is 1. The van der Waals surface area contributed by atoms with Crippen LogP contribution in [0, 0.1) is 19.5 Å². The van der Waals surface area contributed by atoms with Crippen LogP contribution in [0.25, 0.3) is 0 Å². The summed E-state index contributed by atoms with van der Waals surface area (Å²) in [6.45, 7) is 0. The molecule has 0 heterocycles. The molecule has 1 aromatic carbocycles. The Bertz CT molecular complexity index is 579. The molecular weight excluding hydrogens is 398 g/mol. The number of nitrogens with zero attached hydrogens (tertiary/aromatic N) is 1. The van der Waals surface area contributed by atoms with Crippen LogP contribution in [0.2, 0.25) is 0 Å². The smallest absolute Gasteiger partial charge is 0.258 e. The third kappa shape index (κ3) is 4.66. The molecular formula is C8H8FIN2O4S2. The first-order chi connectivity index (χ1) is 8.20. The van der Waals surface area contributed by atoms with Gasteiger partial charge in [-0.05, 0) is 28.7 Å². The third-order valence-electron chi connectivity index (χ3n) is 1.82. The molecule has 0 fully saturated rings. The molecule has 1 aromatic rings. The maximum absolute atomic E-state index is 13.3. The number of hydrogen-bond acceptors (Lipinski definition) is 5. The molecule has 6 nitrogen and oxygen atoms in total. The van der Waals surface area contributed by atoms with E-state index in [0.29, 0.717) is 0 Å². The van der Waals surface area contributed by atoms with Crippen molar-refractivity contribution in [1.82, 2.24) is 0 Å². The number of halogens is 2. The van der Waals surface area contributed by atoms with E-state index >= 15 is 0 Å². The summed E-state index contributed by atoms with van der Waals surface area (Å²) in [7, 11) is -3.63. The van der Waals surface area contributed by atoms with Gasteiger partial charge in [-0.15, -0.1) is 11.8 Å². The van der Waals surface area contributed by atoms with Gasteiger partial charge < -0.3 is 0 Å². The minimum Gasteiger partial charge on any atom is -0.258 e. The summed E-state index contributed by atoms with van der Waals surface area (Å²) < 4.78 is 34.9. The van der Waals surface area contributed by atoms with E-state index in [2.05, 4.69) is 0 Å². The second-order valence-corrected chi connectivity index (χ2v) is 7.24. The molecule has 1 rings (SSSR count). The topological polar surface area (TPSA) is 103 Å². The van der Waals surface area contributed by atoms with Crippen LogP contribution in [0.4, 0.5) is 10.1 Å². The first kappa shape index (κ1) is 15.6. The lowest BCUT2D eigenvalue weighted by Gasteiger charge is -2.04. The first-order valence-electron chi connectivity index (χ1n) is 4.47. The second kappa shape index (κ2) is 6.12. The van der Waals surface area contributed by atoms with Crippen LogP contribution in [0.15, 0.2) is 17.0 Å². The maximum Gasteiger partial charge on any atom is 0.284 e. The summed E-state index contributed by atoms with van der Waals surface area (Å²) in [5, 5.41) is 15.6. The molecule has 0 spiro atoms. The highest BCUT2D eigenvalue weighted by Gasteiger charge is 2.18. The van der Waals surface area contributed by atoms with Crippen molar-refractivity contribution in [2.45, 2.75) is 4.90 Å². The average Bonchev–Trinajstić information content (AvgIpc) is 2.20. The number of nitro benzene ring substituents is 1. The Balaban J connectivity index is 2.94. The molecule has 10 heteroatoms. The Kier molecular flexibility index (Phi) is 5.31. The van der Waals surface area contributed by atoms with Gasteiger partial charge in [-0.3, -0.25) is 10.1 Å². The fourth-order valence-electron chi connectivity index (χ4n) is 1.04. The van der Waals surface area contributed by atoms with E-state index in [4.69, 9.17) is 5.14 Å². The zero-order valence-electron chi connectivity index (χ0n) is 8.80. The molecule has 100 valence electrons. The fraction of sp³-hybridized carbons (Fsp3) is 0.250. The second-order valence-electron chi connectivity index (χ2n) is 3.21. The molecule has 2 N–H and O–H groups in total. The largest absolute Gasteiger partial charge is 0.284 e. The van der Waals surface area contributed by atoms with Crippen LogP contribution in [-0.2, 0) is 10.0 Å². The van der Waals surface area contributed by atoms with Gasteiger partial charge in [0.2, 0.25) is 10.0 Å². The summed E-state index contributed by atoms with van der Waals surface area (Å²) in [5.41, 5.74) is -0.250. The SMILES string of the molecule is NS(=O)(=O)CCSc1cc(F)c(I)cc1[N+](=O)[O-]. The van der Waals surface area contributed by atoms with E-state index in [9.17, 15) is 22.9 Å². The van der Waals surface area contributed by atoms with Crippen molar-refractivity contribution in [1.29, 1.82) is 0 Å². The van der Waals surface area contributed by atoms with E-state index in [1.165, 1.54) is 0 Å². The molecule has 0 amide bonds. The van der Waals surface area contributed by atoms with Gasteiger partial charge in [-0.1, -0.05) is 0 Å². The summed E-state index contributed by atoms with van der Waals surface area (Å²) in [6, 6.07) is 2.13. The highest BCUT2D eigenvalue weighted by atomic mass is 127. The van der Waals surface area contributed by atoms with Crippen molar-refractivity contribution in [3.8, 4) is 0 Å². The standard InChI is InChI=1S/C8H8FIN2O4S2/c9-5-3-8(17-1-2-18(11,15)16)7(12(13)14)4-6(5)10/h3-4H,1-2H2,(H2,11,15,16). The Labute approximate surface area is 120 Å². The molecule has 0 bridgehead atoms. The van der Waals surface area contributed by atoms with E-state index < -0.39 is 20.8 Å². The van der Waals surface area contributed by atoms with Crippen LogP contribution in [0.3, 0.4) is 0 Å². The van der Waals surface area contributed by atoms with E-state index in [-0.39, 0.29) is 25.7 Å². The van der Waals surface area contributed by atoms with Crippen molar-refractivity contribution in [3.63, 3.8) is 0 Å². The van der Waals surface area contributed by atoms with Crippen LogP contribution in [0.1, 0.15) is 0 Å². The lowest BCUT2D eigenvalue weighted by molar-refractivity contribution is -0.387. The Morgan fingerprint density at radius 1 is 1.50 bits per heavy atom. The molecule has 0 radical (unpaired) electrons. The summed E-state index contributed by atoms with van der Waals surface area (Å²) in [6.07, 6.45) is 0. The normalized spacial score (nSPS) is 11.5. The molecule has 0 aromatic heterocycles. The van der Waals surface area contributed by atoms with Crippen LogP contribution >= 0.6 is 34.4 Å². The van der Waals surface area contributed by atoms with Gasteiger partial charge in [0.25, 0.3) is 5.69 Å². The number of nitrogens with two attached hydrogens (primary N) is 1. The molecule has 0 unspecified atom stereocenters. The Morgan fingerprint density at radius 3 is 2.61 bits per heavy atom. The molecule has 0 atom stereocenters. The summed E-state index contributed by atoms with van der Waals surface area (Å²) >= 11 is 2.53. The minimum atomic E-state index is -3.63. The fourth-order valence-corrected chi connectivity index (χ4v) is 3.45. The van der Waals surface area contributed by atoms with Crippen molar-refractivity contribution in [3.05, 3.63) is 31.6 Å². The zero-order chi connectivity index (χ0) is 13.9. The minimum absolute atomic E-state index is 0.0275. The van der Waals surface area contributed by atoms with Gasteiger partial charge in [0, 0.05) is 11.8 Å². The van der Waals surface area contributed by atoms with E-state index in [1.54, 1.807) is 22.6 Å². The van der Waals surface area contributed by atoms with Crippen LogP contribution in [-0.4, -0.2) is 24.8 Å². The van der Waals surface area contributed by atoms with Crippen molar-refractivity contribution in [2.24, 2.45) is 5.14 Å². The van der Waals surface area contributed by atoms with E-state index in [1.807, 2.05) is 0 Å². The third-order valence-corrected chi connectivity index (χ3v) is 4.73. The Morgan fingerprint density at radius 2 is 2.11 bits per heavy atom. The molecule has 0 aliphatic heterocycles. The van der Waals surface area contributed by atoms with Crippen molar-refractivity contribution >= 4 is 50.1 Å². The van der Waals surface area contributed by atoms with Crippen LogP contribution in [0.5, 0.6) is 0 Å². The van der Waals surface area contributed by atoms with Gasteiger partial charge in [0.05, 0.1) is 19.1 Å². The molecule has 0 saturated heterocycles. The van der Waals surface area contributed by atoms with E-state index in [0.717, 1.165) is 23.9 Å². The average molecular weight is 406 g/mol. The van der Waals surface area contributed by atoms with Gasteiger partial charge >= 0.3 is 0 Å². The molecule has 0 aliphatic rings. The summed E-state index contributed by atoms with van der Waals surface area (Å²) in [4.78, 5) is 10.2. The number of thioether (sulfide) groups is 1. The monoisotopic (exact) mass is 406 g/mol. The maximum atomic E-state index is 13.3. The van der Waals surface area contributed by atoms with Gasteiger partial charge in [0.15, 0.2) is 0 Å². The predicted octanol–water partition coefficient (Wildman–Crippen LogP) is 1.72. The lowest BCUT2D eigenvalue weighted by atomic mass is 10.3. The van der Waals surface area contributed by atoms with Gasteiger partial charge in [-0.2, -0.15) is 0 Å². The lowest BCUT2D eigenvalue weighted by Crippen LogP contribution is -2.17. The Hall–Kier alpha value is -0.460. The molecule has 0 aliphatic carbocycles. The van der Waals surface area contributed by atoms with Crippen molar-refractivity contribution in [2.75, 3.05) is 11.5 Å². The number of sulfonamides is 1. The number of benzene rings is 1. The van der Waals surface area contributed by atoms with Crippen molar-refractivity contribution < 1.29 is 17.7 Å². The van der Waals surface area contributed by atoms with Gasteiger partial charge in [-0.25, -0.2) is 17.9 Å². The summed E-state index contributed by atoms with van der Waals surface area (Å²) in [5.74, 6) is -0.887. The molecule has 0 saturated carbocycles. The number of nitro groups is 1. The number of rotatable bonds is 5. The quantitative estimate of drug-likeness (QED) is 0.347. The van der Waals surface area contributed by atoms with Crippen LogP contribution < -0.4 is 5.14 Å². The highest BCUT2D eigenvalue weighted by Crippen LogP contribution is 2.32. The number of hydrogen-bond donors (Lipinski definition) is 1. The first-order valence-corrected chi connectivity index (χ1v) is 8.25. The highest BCUT2D eigenvalue weighted by molar-refractivity contribution is 14.1. The zero-order valence-corrected chi connectivity index (χ0v) is 12.6. The van der Waals surface area contributed by atoms with Gasteiger partial charge in [0.1, 0.15) is 5.82 Å².